The predicted molar refractivity (Wildman–Crippen MR) is 87.4 cm³/mol. The molecule has 2 N–H and O–H groups in total. The second-order valence-electron chi connectivity index (χ2n) is 5.42. The zero-order chi connectivity index (χ0) is 15.9. The molecule has 2 amide bonds. The number of halogens is 1. The van der Waals surface area contributed by atoms with Gasteiger partial charge in [-0.2, -0.15) is 0 Å². The van der Waals surface area contributed by atoms with Crippen molar-refractivity contribution in [2.75, 3.05) is 11.9 Å². The van der Waals surface area contributed by atoms with Crippen molar-refractivity contribution < 1.29 is 9.59 Å². The molecule has 0 saturated heterocycles. The SMILES string of the molecule is C#CCNC(=O)[C@H]1CCCC[C@H]1C(=O)Nc1ccc(Cl)cc1. The molecule has 4 nitrogen and oxygen atoms in total. The van der Waals surface area contributed by atoms with Crippen LogP contribution in [0.25, 0.3) is 0 Å². The molecule has 2 rings (SSSR count). The summed E-state index contributed by atoms with van der Waals surface area (Å²) in [6, 6.07) is 6.93. The Labute approximate surface area is 135 Å². The van der Waals surface area contributed by atoms with Crippen LogP contribution >= 0.6 is 11.6 Å². The monoisotopic (exact) mass is 318 g/mol. The van der Waals surface area contributed by atoms with Crippen LogP contribution in [-0.2, 0) is 9.59 Å². The summed E-state index contributed by atoms with van der Waals surface area (Å²) in [6.07, 6.45) is 8.51. The summed E-state index contributed by atoms with van der Waals surface area (Å²) in [4.78, 5) is 24.6. The van der Waals surface area contributed by atoms with Crippen molar-refractivity contribution in [3.05, 3.63) is 29.3 Å². The van der Waals surface area contributed by atoms with Gasteiger partial charge >= 0.3 is 0 Å². The normalized spacial score (nSPS) is 20.7. The number of benzene rings is 1. The molecule has 1 aliphatic rings. The zero-order valence-electron chi connectivity index (χ0n) is 12.3. The van der Waals surface area contributed by atoms with E-state index in [2.05, 4.69) is 16.6 Å². The fraction of sp³-hybridized carbons (Fsp3) is 0.412. The Morgan fingerprint density at radius 2 is 1.73 bits per heavy atom. The lowest BCUT2D eigenvalue weighted by molar-refractivity contribution is -0.133. The molecule has 5 heteroatoms. The molecule has 2 atom stereocenters. The van der Waals surface area contributed by atoms with Crippen LogP contribution in [0.1, 0.15) is 25.7 Å². The van der Waals surface area contributed by atoms with Crippen LogP contribution in [0.2, 0.25) is 5.02 Å². The van der Waals surface area contributed by atoms with E-state index in [9.17, 15) is 9.59 Å². The van der Waals surface area contributed by atoms with Gasteiger partial charge in [-0.15, -0.1) is 6.42 Å². The molecular formula is C17H19ClN2O2. The van der Waals surface area contributed by atoms with Crippen LogP contribution in [0.15, 0.2) is 24.3 Å². The summed E-state index contributed by atoms with van der Waals surface area (Å²) in [7, 11) is 0. The number of rotatable bonds is 4. The van der Waals surface area contributed by atoms with E-state index in [4.69, 9.17) is 18.0 Å². The highest BCUT2D eigenvalue weighted by Crippen LogP contribution is 2.31. The van der Waals surface area contributed by atoms with Crippen LogP contribution < -0.4 is 10.6 Å². The summed E-state index contributed by atoms with van der Waals surface area (Å²) >= 11 is 5.83. The topological polar surface area (TPSA) is 58.2 Å². The molecule has 1 aromatic rings. The molecule has 0 aliphatic heterocycles. The summed E-state index contributed by atoms with van der Waals surface area (Å²) in [5.74, 6) is 1.50. The second kappa shape index (κ2) is 7.86. The molecule has 0 spiro atoms. The summed E-state index contributed by atoms with van der Waals surface area (Å²) in [5, 5.41) is 6.16. The first-order valence-electron chi connectivity index (χ1n) is 7.39. The number of hydrogen-bond acceptors (Lipinski definition) is 2. The van der Waals surface area contributed by atoms with Gasteiger partial charge in [-0.05, 0) is 37.1 Å². The lowest BCUT2D eigenvalue weighted by Gasteiger charge is -2.29. The van der Waals surface area contributed by atoms with E-state index in [0.717, 1.165) is 19.3 Å². The zero-order valence-corrected chi connectivity index (χ0v) is 13.0. The average molecular weight is 319 g/mol. The van der Waals surface area contributed by atoms with Crippen LogP contribution in [0.3, 0.4) is 0 Å². The van der Waals surface area contributed by atoms with Crippen molar-refractivity contribution in [2.45, 2.75) is 25.7 Å². The molecule has 1 aliphatic carbocycles. The fourth-order valence-corrected chi connectivity index (χ4v) is 2.92. The molecule has 0 heterocycles. The molecule has 22 heavy (non-hydrogen) atoms. The Bertz CT molecular complexity index is 577. The number of carbonyl (C=O) groups excluding carboxylic acids is 2. The highest BCUT2D eigenvalue weighted by molar-refractivity contribution is 6.30. The highest BCUT2D eigenvalue weighted by Gasteiger charge is 2.35. The molecular weight excluding hydrogens is 300 g/mol. The van der Waals surface area contributed by atoms with Crippen LogP contribution in [0, 0.1) is 24.2 Å². The van der Waals surface area contributed by atoms with E-state index in [1.807, 2.05) is 0 Å². The summed E-state index contributed by atoms with van der Waals surface area (Å²) in [5.41, 5.74) is 0.683. The smallest absolute Gasteiger partial charge is 0.228 e. The largest absolute Gasteiger partial charge is 0.345 e. The van der Waals surface area contributed by atoms with Crippen LogP contribution in [-0.4, -0.2) is 18.4 Å². The minimum atomic E-state index is -0.317. The van der Waals surface area contributed by atoms with Gasteiger partial charge in [0.05, 0.1) is 6.54 Å². The molecule has 1 aromatic carbocycles. The van der Waals surface area contributed by atoms with Crippen LogP contribution in [0.4, 0.5) is 5.69 Å². The molecule has 116 valence electrons. The van der Waals surface area contributed by atoms with Crippen molar-refractivity contribution in [2.24, 2.45) is 11.8 Å². The third-order valence-electron chi connectivity index (χ3n) is 3.92. The minimum absolute atomic E-state index is 0.122. The highest BCUT2D eigenvalue weighted by atomic mass is 35.5. The Hall–Kier alpha value is -1.99. The van der Waals surface area contributed by atoms with Gasteiger partial charge in [-0.1, -0.05) is 30.4 Å². The maximum atomic E-state index is 12.5. The first kappa shape index (κ1) is 16.4. The minimum Gasteiger partial charge on any atom is -0.345 e. The fourth-order valence-electron chi connectivity index (χ4n) is 2.80. The van der Waals surface area contributed by atoms with Crippen molar-refractivity contribution in [3.8, 4) is 12.3 Å². The van der Waals surface area contributed by atoms with Crippen molar-refractivity contribution >= 4 is 29.1 Å². The number of carbonyl (C=O) groups is 2. The average Bonchev–Trinajstić information content (AvgIpc) is 2.54. The van der Waals surface area contributed by atoms with Gasteiger partial charge in [-0.3, -0.25) is 9.59 Å². The van der Waals surface area contributed by atoms with Gasteiger partial charge in [0.15, 0.2) is 0 Å². The van der Waals surface area contributed by atoms with E-state index >= 15 is 0 Å². The van der Waals surface area contributed by atoms with E-state index in [1.54, 1.807) is 24.3 Å². The maximum absolute atomic E-state index is 12.5. The van der Waals surface area contributed by atoms with E-state index in [0.29, 0.717) is 17.1 Å². The van der Waals surface area contributed by atoms with E-state index in [-0.39, 0.29) is 30.2 Å². The van der Waals surface area contributed by atoms with Gasteiger partial charge in [0, 0.05) is 22.5 Å². The lowest BCUT2D eigenvalue weighted by Crippen LogP contribution is -2.41. The molecule has 1 fully saturated rings. The molecule has 0 aromatic heterocycles. The van der Waals surface area contributed by atoms with Gasteiger partial charge in [-0.25, -0.2) is 0 Å². The van der Waals surface area contributed by atoms with Crippen molar-refractivity contribution in [3.63, 3.8) is 0 Å². The van der Waals surface area contributed by atoms with Gasteiger partial charge in [0.25, 0.3) is 0 Å². The number of anilines is 1. The van der Waals surface area contributed by atoms with Gasteiger partial charge in [0.2, 0.25) is 11.8 Å². The first-order chi connectivity index (χ1) is 10.6. The van der Waals surface area contributed by atoms with Gasteiger partial charge < -0.3 is 10.6 Å². The first-order valence-corrected chi connectivity index (χ1v) is 7.77. The molecule has 1 saturated carbocycles. The quantitative estimate of drug-likeness (QED) is 0.839. The molecule has 0 bridgehead atoms. The Morgan fingerprint density at radius 3 is 2.32 bits per heavy atom. The third kappa shape index (κ3) is 4.25. The molecule has 0 unspecified atom stereocenters. The van der Waals surface area contributed by atoms with Crippen molar-refractivity contribution in [1.29, 1.82) is 0 Å². The summed E-state index contributed by atoms with van der Waals surface area (Å²) < 4.78 is 0. The number of hydrogen-bond donors (Lipinski definition) is 2. The molecule has 0 radical (unpaired) electrons. The van der Waals surface area contributed by atoms with E-state index in [1.165, 1.54) is 0 Å². The van der Waals surface area contributed by atoms with Crippen LogP contribution in [0.5, 0.6) is 0 Å². The number of amides is 2. The van der Waals surface area contributed by atoms with E-state index < -0.39 is 0 Å². The van der Waals surface area contributed by atoms with Gasteiger partial charge in [0.1, 0.15) is 0 Å². The van der Waals surface area contributed by atoms with Crippen molar-refractivity contribution in [1.82, 2.24) is 5.32 Å². The summed E-state index contributed by atoms with van der Waals surface area (Å²) in [6.45, 7) is 0.195. The Balaban J connectivity index is 2.03. The number of nitrogens with one attached hydrogen (secondary N) is 2. The lowest BCUT2D eigenvalue weighted by atomic mass is 9.78. The third-order valence-corrected chi connectivity index (χ3v) is 4.17. The maximum Gasteiger partial charge on any atom is 0.228 e. The standard InChI is InChI=1S/C17H19ClN2O2/c1-2-11-19-16(21)14-5-3-4-6-15(14)17(22)20-13-9-7-12(18)8-10-13/h1,7-10,14-15H,3-6,11H2,(H,19,21)(H,20,22)/t14-,15+/m0/s1. The second-order valence-corrected chi connectivity index (χ2v) is 5.85. The Morgan fingerprint density at radius 1 is 1.14 bits per heavy atom. The predicted octanol–water partition coefficient (Wildman–Crippen LogP) is 2.83. The number of terminal acetylenes is 1. The Kier molecular flexibility index (Phi) is 5.85.